The predicted molar refractivity (Wildman–Crippen MR) is 92.3 cm³/mol. The third kappa shape index (κ3) is 4.57. The molecular formula is C18H24N4O3. The van der Waals surface area contributed by atoms with Crippen molar-refractivity contribution in [3.8, 4) is 0 Å². The summed E-state index contributed by atoms with van der Waals surface area (Å²) in [5.74, 6) is 1.23. The van der Waals surface area contributed by atoms with Crippen LogP contribution in [-0.4, -0.2) is 58.9 Å². The number of ether oxygens (including phenoxy) is 2. The van der Waals surface area contributed by atoms with E-state index >= 15 is 0 Å². The maximum Gasteiger partial charge on any atom is 0.409 e. The Bertz CT molecular complexity index is 674. The molecule has 7 nitrogen and oxygen atoms in total. The van der Waals surface area contributed by atoms with E-state index in [2.05, 4.69) is 20.6 Å². The summed E-state index contributed by atoms with van der Waals surface area (Å²) in [6.07, 6.45) is 9.14. The van der Waals surface area contributed by atoms with Gasteiger partial charge in [-0.1, -0.05) is 6.07 Å². The van der Waals surface area contributed by atoms with E-state index in [1.54, 1.807) is 18.2 Å². The van der Waals surface area contributed by atoms with Crippen LogP contribution in [0.5, 0.6) is 0 Å². The number of hydrogen-bond acceptors (Lipinski definition) is 5. The van der Waals surface area contributed by atoms with Gasteiger partial charge in [0.25, 0.3) is 0 Å². The van der Waals surface area contributed by atoms with E-state index in [-0.39, 0.29) is 18.6 Å². The number of rotatable bonds is 6. The fourth-order valence-electron chi connectivity index (χ4n) is 3.16. The molecule has 0 unspecified atom stereocenters. The largest absolute Gasteiger partial charge is 0.447 e. The van der Waals surface area contributed by atoms with Gasteiger partial charge in [-0.15, -0.1) is 0 Å². The van der Waals surface area contributed by atoms with Gasteiger partial charge in [0.2, 0.25) is 0 Å². The highest BCUT2D eigenvalue weighted by atomic mass is 16.6. The van der Waals surface area contributed by atoms with Crippen LogP contribution in [0.1, 0.15) is 30.1 Å². The molecule has 1 amide bonds. The van der Waals surface area contributed by atoms with Crippen LogP contribution in [0, 0.1) is 0 Å². The van der Waals surface area contributed by atoms with Crippen LogP contribution in [-0.2, 0) is 16.0 Å². The minimum atomic E-state index is -0.271. The van der Waals surface area contributed by atoms with Crippen LogP contribution in [0.25, 0.3) is 0 Å². The molecule has 0 radical (unpaired) electrons. The molecule has 1 aliphatic heterocycles. The summed E-state index contributed by atoms with van der Waals surface area (Å²) in [5, 5.41) is 0. The van der Waals surface area contributed by atoms with Gasteiger partial charge in [-0.25, -0.2) is 9.78 Å². The third-order valence-corrected chi connectivity index (χ3v) is 4.38. The van der Waals surface area contributed by atoms with Crippen molar-refractivity contribution < 1.29 is 14.3 Å². The fraction of sp³-hybridized carbons (Fsp3) is 0.500. The molecule has 1 fully saturated rings. The molecule has 3 heterocycles. The summed E-state index contributed by atoms with van der Waals surface area (Å²) in [7, 11) is 1.59. The van der Waals surface area contributed by atoms with Gasteiger partial charge in [-0.2, -0.15) is 0 Å². The molecule has 7 heteroatoms. The lowest BCUT2D eigenvalue weighted by Crippen LogP contribution is -2.40. The number of likely N-dealkylation sites (tertiary alicyclic amines) is 1. The second kappa shape index (κ2) is 8.62. The maximum atomic E-state index is 12.2. The number of methoxy groups -OCH3 is 1. The number of carbonyl (C=O) groups is 1. The SMILES string of the molecule is COCCOC(=O)N1CCC[C@@H](c2nccn2Cc2cccnc2)C1. The van der Waals surface area contributed by atoms with E-state index < -0.39 is 0 Å². The predicted octanol–water partition coefficient (Wildman–Crippen LogP) is 2.29. The van der Waals surface area contributed by atoms with Crippen molar-refractivity contribution >= 4 is 6.09 Å². The van der Waals surface area contributed by atoms with Gasteiger partial charge in [0, 0.05) is 50.9 Å². The number of piperidine rings is 1. The number of carbonyl (C=O) groups excluding carboxylic acids is 1. The van der Waals surface area contributed by atoms with Crippen molar-refractivity contribution in [2.75, 3.05) is 33.4 Å². The normalized spacial score (nSPS) is 17.5. The van der Waals surface area contributed by atoms with Gasteiger partial charge in [0.15, 0.2) is 0 Å². The molecule has 0 N–H and O–H groups in total. The van der Waals surface area contributed by atoms with Crippen LogP contribution in [0.3, 0.4) is 0 Å². The Kier molecular flexibility index (Phi) is 6.00. The second-order valence-electron chi connectivity index (χ2n) is 6.17. The number of imidazole rings is 1. The smallest absolute Gasteiger partial charge is 0.409 e. The molecule has 25 heavy (non-hydrogen) atoms. The summed E-state index contributed by atoms with van der Waals surface area (Å²) >= 11 is 0. The van der Waals surface area contributed by atoms with Crippen LogP contribution >= 0.6 is 0 Å². The summed E-state index contributed by atoms with van der Waals surface area (Å²) in [4.78, 5) is 22.7. The number of amides is 1. The Balaban J connectivity index is 1.64. The molecule has 134 valence electrons. The van der Waals surface area contributed by atoms with Crippen molar-refractivity contribution in [3.63, 3.8) is 0 Å². The lowest BCUT2D eigenvalue weighted by molar-refractivity contribution is 0.0646. The van der Waals surface area contributed by atoms with Crippen molar-refractivity contribution in [1.29, 1.82) is 0 Å². The summed E-state index contributed by atoms with van der Waals surface area (Å²) in [5.41, 5.74) is 1.13. The highest BCUT2D eigenvalue weighted by Crippen LogP contribution is 2.26. The number of nitrogens with zero attached hydrogens (tertiary/aromatic N) is 4. The molecule has 1 atom stereocenters. The zero-order chi connectivity index (χ0) is 17.5. The zero-order valence-corrected chi connectivity index (χ0v) is 14.5. The molecule has 1 aliphatic rings. The van der Waals surface area contributed by atoms with E-state index in [9.17, 15) is 4.79 Å². The number of pyridine rings is 1. The first kappa shape index (κ1) is 17.4. The summed E-state index contributed by atoms with van der Waals surface area (Å²) in [6.45, 7) is 2.80. The van der Waals surface area contributed by atoms with Crippen LogP contribution in [0.4, 0.5) is 4.79 Å². The lowest BCUT2D eigenvalue weighted by Gasteiger charge is -2.32. The molecule has 0 aliphatic carbocycles. The number of aromatic nitrogens is 3. The molecule has 3 rings (SSSR count). The van der Waals surface area contributed by atoms with Crippen LogP contribution < -0.4 is 0 Å². The standard InChI is InChI=1S/C18H24N4O3/c1-24-10-11-25-18(23)22-8-3-5-16(14-22)17-20-7-9-21(17)13-15-4-2-6-19-12-15/h2,4,6-7,9,12,16H,3,5,8,10-11,13-14H2,1H3/t16-/m1/s1. The summed E-state index contributed by atoms with van der Waals surface area (Å²) < 4.78 is 12.3. The van der Waals surface area contributed by atoms with Gasteiger partial charge in [0.1, 0.15) is 12.4 Å². The molecule has 0 spiro atoms. The number of hydrogen-bond donors (Lipinski definition) is 0. The fourth-order valence-corrected chi connectivity index (χ4v) is 3.16. The molecule has 0 aromatic carbocycles. The minimum Gasteiger partial charge on any atom is -0.447 e. The van der Waals surface area contributed by atoms with Crippen molar-refractivity contribution in [3.05, 3.63) is 48.3 Å². The molecule has 2 aromatic rings. The van der Waals surface area contributed by atoms with E-state index in [0.717, 1.165) is 37.3 Å². The van der Waals surface area contributed by atoms with Gasteiger partial charge >= 0.3 is 6.09 Å². The Morgan fingerprint density at radius 1 is 1.36 bits per heavy atom. The zero-order valence-electron chi connectivity index (χ0n) is 14.5. The minimum absolute atomic E-state index is 0.218. The topological polar surface area (TPSA) is 69.5 Å². The molecule has 1 saturated heterocycles. The van der Waals surface area contributed by atoms with Crippen LogP contribution in [0.2, 0.25) is 0 Å². The first-order chi connectivity index (χ1) is 12.3. The Morgan fingerprint density at radius 2 is 2.28 bits per heavy atom. The second-order valence-corrected chi connectivity index (χ2v) is 6.17. The van der Waals surface area contributed by atoms with E-state index in [4.69, 9.17) is 9.47 Å². The Hall–Kier alpha value is -2.41. The van der Waals surface area contributed by atoms with Gasteiger partial charge < -0.3 is 18.9 Å². The quantitative estimate of drug-likeness (QED) is 0.752. The van der Waals surface area contributed by atoms with E-state index in [0.29, 0.717) is 13.2 Å². The van der Waals surface area contributed by atoms with Crippen LogP contribution in [0.15, 0.2) is 36.9 Å². The first-order valence-corrected chi connectivity index (χ1v) is 8.58. The highest BCUT2D eigenvalue weighted by Gasteiger charge is 2.28. The van der Waals surface area contributed by atoms with E-state index in [1.165, 1.54) is 0 Å². The van der Waals surface area contributed by atoms with Gasteiger partial charge in [-0.05, 0) is 24.5 Å². The molecule has 0 bridgehead atoms. The Morgan fingerprint density at radius 3 is 3.08 bits per heavy atom. The van der Waals surface area contributed by atoms with Crippen molar-refractivity contribution in [1.82, 2.24) is 19.4 Å². The van der Waals surface area contributed by atoms with Crippen molar-refractivity contribution in [2.24, 2.45) is 0 Å². The summed E-state index contributed by atoms with van der Waals surface area (Å²) in [6, 6.07) is 3.99. The van der Waals surface area contributed by atoms with Gasteiger partial charge in [-0.3, -0.25) is 4.98 Å². The Labute approximate surface area is 147 Å². The molecule has 2 aromatic heterocycles. The average molecular weight is 344 g/mol. The monoisotopic (exact) mass is 344 g/mol. The molecular weight excluding hydrogens is 320 g/mol. The van der Waals surface area contributed by atoms with Crippen molar-refractivity contribution in [2.45, 2.75) is 25.3 Å². The van der Waals surface area contributed by atoms with Gasteiger partial charge in [0.05, 0.1) is 13.2 Å². The lowest BCUT2D eigenvalue weighted by atomic mass is 9.97. The first-order valence-electron chi connectivity index (χ1n) is 8.58. The molecule has 0 saturated carbocycles. The highest BCUT2D eigenvalue weighted by molar-refractivity contribution is 5.67. The maximum absolute atomic E-state index is 12.2. The van der Waals surface area contributed by atoms with E-state index in [1.807, 2.05) is 24.7 Å². The third-order valence-electron chi connectivity index (χ3n) is 4.38. The average Bonchev–Trinajstić information content (AvgIpc) is 3.11.